The second-order valence-electron chi connectivity index (χ2n) is 6.95. The summed E-state index contributed by atoms with van der Waals surface area (Å²) in [5.41, 5.74) is 6.97. The Hall–Kier alpha value is -2.42. The molecule has 1 aliphatic heterocycles. The zero-order chi connectivity index (χ0) is 20.2. The molecule has 0 bridgehead atoms. The maximum atomic E-state index is 12.7. The van der Waals surface area contributed by atoms with Crippen molar-refractivity contribution in [1.29, 1.82) is 0 Å². The second kappa shape index (κ2) is 8.94. The Kier molecular flexibility index (Phi) is 6.13. The summed E-state index contributed by atoms with van der Waals surface area (Å²) in [6, 6.07) is 15.8. The largest absolute Gasteiger partial charge is 0.369 e. The minimum absolute atomic E-state index is 0.0647. The van der Waals surface area contributed by atoms with Gasteiger partial charge in [-0.25, -0.2) is 4.98 Å². The molecule has 3 N–H and O–H groups in total. The molecule has 1 aliphatic rings. The molecule has 2 heterocycles. The molecular formula is C21H22N4O2S2. The summed E-state index contributed by atoms with van der Waals surface area (Å²) in [7, 11) is 0. The van der Waals surface area contributed by atoms with Gasteiger partial charge in [0.05, 0.1) is 34.2 Å². The molecule has 3 aromatic rings. The van der Waals surface area contributed by atoms with Gasteiger partial charge in [0.25, 0.3) is 0 Å². The highest BCUT2D eigenvalue weighted by molar-refractivity contribution is 8.00. The lowest BCUT2D eigenvalue weighted by molar-refractivity contribution is -0.117. The van der Waals surface area contributed by atoms with E-state index in [1.807, 2.05) is 42.5 Å². The maximum absolute atomic E-state index is 12.7. The van der Waals surface area contributed by atoms with Gasteiger partial charge in [-0.05, 0) is 43.7 Å². The molecule has 29 heavy (non-hydrogen) atoms. The third-order valence-corrected chi connectivity index (χ3v) is 7.07. The number of rotatable bonds is 7. The number of nitrogens with two attached hydrogens (primary N) is 1. The Balaban J connectivity index is 1.43. The van der Waals surface area contributed by atoms with Gasteiger partial charge in [0.15, 0.2) is 0 Å². The number of nitrogens with one attached hydrogen (secondary N) is 1. The topological polar surface area (TPSA) is 88.3 Å². The third-order valence-electron chi connectivity index (χ3n) is 4.84. The standard InChI is InChI=1S/C21H22N4O2S2/c22-19(26)13-28-17-9-3-1-6-14(17)23-20(27)12-25-11-5-8-16(25)21-24-15-7-2-4-10-18(15)29-21/h1-4,6-7,9-10,16H,5,8,11-13H2,(H2,22,26)(H,23,27). The lowest BCUT2D eigenvalue weighted by Crippen LogP contribution is -2.33. The lowest BCUT2D eigenvalue weighted by atomic mass is 10.2. The first-order valence-corrected chi connectivity index (χ1v) is 11.3. The molecular weight excluding hydrogens is 404 g/mol. The van der Waals surface area contributed by atoms with Crippen LogP contribution in [-0.2, 0) is 9.59 Å². The van der Waals surface area contributed by atoms with E-state index < -0.39 is 0 Å². The minimum Gasteiger partial charge on any atom is -0.369 e. The van der Waals surface area contributed by atoms with Gasteiger partial charge in [-0.1, -0.05) is 24.3 Å². The number of carbonyl (C=O) groups excluding carboxylic acids is 2. The van der Waals surface area contributed by atoms with Gasteiger partial charge in [0.1, 0.15) is 5.01 Å². The highest BCUT2D eigenvalue weighted by atomic mass is 32.2. The van der Waals surface area contributed by atoms with Crippen LogP contribution in [-0.4, -0.2) is 40.5 Å². The number of likely N-dealkylation sites (tertiary alicyclic amines) is 1. The molecule has 8 heteroatoms. The first-order valence-electron chi connectivity index (χ1n) is 9.49. The number of anilines is 1. The van der Waals surface area contributed by atoms with E-state index >= 15 is 0 Å². The molecule has 0 saturated carbocycles. The van der Waals surface area contributed by atoms with E-state index in [4.69, 9.17) is 10.7 Å². The van der Waals surface area contributed by atoms with Crippen molar-refractivity contribution in [2.45, 2.75) is 23.8 Å². The van der Waals surface area contributed by atoms with E-state index in [-0.39, 0.29) is 23.6 Å². The van der Waals surface area contributed by atoms with Gasteiger partial charge in [0, 0.05) is 4.90 Å². The number of primary amides is 1. The molecule has 1 unspecified atom stereocenters. The predicted molar refractivity (Wildman–Crippen MR) is 118 cm³/mol. The SMILES string of the molecule is NC(=O)CSc1ccccc1NC(=O)CN1CCCC1c1nc2ccccc2s1. The highest BCUT2D eigenvalue weighted by Crippen LogP contribution is 2.36. The monoisotopic (exact) mass is 426 g/mol. The molecule has 1 fully saturated rings. The molecule has 0 aliphatic carbocycles. The number of thioether (sulfide) groups is 1. The summed E-state index contributed by atoms with van der Waals surface area (Å²) >= 11 is 3.04. The number of hydrogen-bond donors (Lipinski definition) is 2. The van der Waals surface area contributed by atoms with Crippen molar-refractivity contribution in [3.8, 4) is 0 Å². The van der Waals surface area contributed by atoms with E-state index in [0.717, 1.165) is 34.8 Å². The fourth-order valence-electron chi connectivity index (χ4n) is 3.55. The number of aromatic nitrogens is 1. The van der Waals surface area contributed by atoms with Crippen LogP contribution < -0.4 is 11.1 Å². The van der Waals surface area contributed by atoms with Gasteiger partial charge < -0.3 is 11.1 Å². The fourth-order valence-corrected chi connectivity index (χ4v) is 5.43. The number of para-hydroxylation sites is 2. The van der Waals surface area contributed by atoms with Crippen molar-refractivity contribution < 1.29 is 9.59 Å². The van der Waals surface area contributed by atoms with Gasteiger partial charge in [-0.2, -0.15) is 0 Å². The normalized spacial score (nSPS) is 16.9. The van der Waals surface area contributed by atoms with E-state index in [1.165, 1.54) is 16.5 Å². The zero-order valence-electron chi connectivity index (χ0n) is 15.8. The van der Waals surface area contributed by atoms with Crippen molar-refractivity contribution >= 4 is 50.8 Å². The fraction of sp³-hybridized carbons (Fsp3) is 0.286. The number of fused-ring (bicyclic) bond motifs is 1. The van der Waals surface area contributed by atoms with Crippen molar-refractivity contribution in [2.24, 2.45) is 5.73 Å². The van der Waals surface area contributed by atoms with Crippen molar-refractivity contribution in [1.82, 2.24) is 9.88 Å². The lowest BCUT2D eigenvalue weighted by Gasteiger charge is -2.22. The van der Waals surface area contributed by atoms with Crippen LogP contribution in [0.2, 0.25) is 0 Å². The van der Waals surface area contributed by atoms with Crippen LogP contribution in [0.15, 0.2) is 53.4 Å². The van der Waals surface area contributed by atoms with Crippen LogP contribution in [0.5, 0.6) is 0 Å². The van der Waals surface area contributed by atoms with E-state index in [0.29, 0.717) is 12.2 Å². The maximum Gasteiger partial charge on any atom is 0.238 e. The number of benzene rings is 2. The summed E-state index contributed by atoms with van der Waals surface area (Å²) in [6.45, 7) is 1.20. The molecule has 0 radical (unpaired) electrons. The quantitative estimate of drug-likeness (QED) is 0.563. The van der Waals surface area contributed by atoms with Crippen LogP contribution in [0, 0.1) is 0 Å². The van der Waals surface area contributed by atoms with Gasteiger partial charge in [0.2, 0.25) is 11.8 Å². The van der Waals surface area contributed by atoms with Crippen molar-refractivity contribution in [2.75, 3.05) is 24.2 Å². The number of nitrogens with zero attached hydrogens (tertiary/aromatic N) is 2. The smallest absolute Gasteiger partial charge is 0.238 e. The van der Waals surface area contributed by atoms with Gasteiger partial charge >= 0.3 is 0 Å². The molecule has 1 aromatic heterocycles. The first-order chi connectivity index (χ1) is 14.1. The van der Waals surface area contributed by atoms with Crippen molar-refractivity contribution in [3.05, 3.63) is 53.5 Å². The van der Waals surface area contributed by atoms with Crippen LogP contribution in [0.4, 0.5) is 5.69 Å². The van der Waals surface area contributed by atoms with Crippen LogP contribution >= 0.6 is 23.1 Å². The Labute approximate surface area is 177 Å². The predicted octanol–water partition coefficient (Wildman–Crippen LogP) is 3.65. The molecule has 4 rings (SSSR count). The summed E-state index contributed by atoms with van der Waals surface area (Å²) < 4.78 is 1.18. The van der Waals surface area contributed by atoms with E-state index in [9.17, 15) is 9.59 Å². The van der Waals surface area contributed by atoms with Gasteiger partial charge in [-0.15, -0.1) is 23.1 Å². The number of hydrogen-bond acceptors (Lipinski definition) is 6. The summed E-state index contributed by atoms with van der Waals surface area (Å²) in [5, 5.41) is 4.07. The second-order valence-corrected chi connectivity index (χ2v) is 9.03. The Morgan fingerprint density at radius 1 is 1.21 bits per heavy atom. The first kappa shape index (κ1) is 19.9. The van der Waals surface area contributed by atoms with E-state index in [2.05, 4.69) is 16.3 Å². The number of amides is 2. The summed E-state index contributed by atoms with van der Waals surface area (Å²) in [5.74, 6) is -0.268. The summed E-state index contributed by atoms with van der Waals surface area (Å²) in [6.07, 6.45) is 2.07. The molecule has 6 nitrogen and oxygen atoms in total. The Bertz CT molecular complexity index is 1000. The van der Waals surface area contributed by atoms with Crippen LogP contribution in [0.25, 0.3) is 10.2 Å². The average Bonchev–Trinajstić information content (AvgIpc) is 3.33. The van der Waals surface area contributed by atoms with Crippen LogP contribution in [0.1, 0.15) is 23.9 Å². The third kappa shape index (κ3) is 4.77. The van der Waals surface area contributed by atoms with Crippen LogP contribution in [0.3, 0.4) is 0 Å². The average molecular weight is 427 g/mol. The molecule has 2 amide bonds. The zero-order valence-corrected chi connectivity index (χ0v) is 17.5. The molecule has 1 saturated heterocycles. The Morgan fingerprint density at radius 3 is 2.83 bits per heavy atom. The molecule has 1 atom stereocenters. The Morgan fingerprint density at radius 2 is 2.00 bits per heavy atom. The number of thiazole rings is 1. The minimum atomic E-state index is -0.383. The highest BCUT2D eigenvalue weighted by Gasteiger charge is 2.30. The molecule has 150 valence electrons. The van der Waals surface area contributed by atoms with E-state index in [1.54, 1.807) is 11.3 Å². The van der Waals surface area contributed by atoms with Gasteiger partial charge in [-0.3, -0.25) is 14.5 Å². The van der Waals surface area contributed by atoms with Crippen molar-refractivity contribution in [3.63, 3.8) is 0 Å². The number of carbonyl (C=O) groups is 2. The summed E-state index contributed by atoms with van der Waals surface area (Å²) in [4.78, 5) is 31.6. The molecule has 0 spiro atoms. The molecule has 2 aromatic carbocycles.